The summed E-state index contributed by atoms with van der Waals surface area (Å²) in [6, 6.07) is 1.35. The molecule has 12 nitrogen and oxygen atoms in total. The summed E-state index contributed by atoms with van der Waals surface area (Å²) in [5.74, 6) is 0.318. The molecule has 1 aliphatic heterocycles. The van der Waals surface area contributed by atoms with Gasteiger partial charge < -0.3 is 20.1 Å². The number of aromatic nitrogens is 4. The highest BCUT2D eigenvalue weighted by Gasteiger charge is 2.23. The number of methoxy groups -OCH3 is 1. The van der Waals surface area contributed by atoms with Crippen molar-refractivity contribution in [2.24, 2.45) is 0 Å². The van der Waals surface area contributed by atoms with Crippen molar-refractivity contribution in [1.82, 2.24) is 24.9 Å². The molecule has 0 saturated carbocycles. The highest BCUT2D eigenvalue weighted by Crippen LogP contribution is 2.29. The molecular formula is C19H20ClN7O5. The highest BCUT2D eigenvalue weighted by atomic mass is 35.5. The molecule has 0 radical (unpaired) electrons. The Hall–Kier alpha value is -3.51. The van der Waals surface area contributed by atoms with E-state index in [0.717, 1.165) is 24.3 Å². The first-order chi connectivity index (χ1) is 15.4. The lowest BCUT2D eigenvalue weighted by Crippen LogP contribution is -2.32. The molecule has 0 bridgehead atoms. The molecule has 3 aromatic rings. The Morgan fingerprint density at radius 3 is 3.03 bits per heavy atom. The minimum absolute atomic E-state index is 0.0676. The maximum atomic E-state index is 12.7. The molecule has 0 unspecified atom stereocenters. The van der Waals surface area contributed by atoms with Gasteiger partial charge >= 0.3 is 5.69 Å². The van der Waals surface area contributed by atoms with Crippen molar-refractivity contribution in [1.29, 1.82) is 0 Å². The van der Waals surface area contributed by atoms with Gasteiger partial charge in [-0.25, -0.2) is 9.97 Å². The number of ether oxygens (including phenoxy) is 2. The molecule has 1 atom stereocenters. The summed E-state index contributed by atoms with van der Waals surface area (Å²) in [6.07, 6.45) is 3.27. The third-order valence-corrected chi connectivity index (χ3v) is 5.28. The van der Waals surface area contributed by atoms with E-state index in [1.807, 2.05) is 0 Å². The summed E-state index contributed by atoms with van der Waals surface area (Å²) in [6.45, 7) is 2.80. The van der Waals surface area contributed by atoms with E-state index in [-0.39, 0.29) is 36.7 Å². The molecule has 4 rings (SSSR count). The number of nitrogens with one attached hydrogen (secondary N) is 2. The summed E-state index contributed by atoms with van der Waals surface area (Å²) < 4.78 is 12.1. The zero-order chi connectivity index (χ0) is 22.8. The molecule has 0 saturated heterocycles. The smallest absolute Gasteiger partial charge is 0.331 e. The second-order valence-electron chi connectivity index (χ2n) is 7.16. The summed E-state index contributed by atoms with van der Waals surface area (Å²) >= 11 is 6.26. The molecule has 0 aromatic carbocycles. The third kappa shape index (κ3) is 4.14. The summed E-state index contributed by atoms with van der Waals surface area (Å²) in [7, 11) is 1.31. The van der Waals surface area contributed by atoms with Gasteiger partial charge in [0.05, 0.1) is 30.9 Å². The van der Waals surface area contributed by atoms with Crippen LogP contribution in [0.15, 0.2) is 18.5 Å². The van der Waals surface area contributed by atoms with Crippen LogP contribution in [0.1, 0.15) is 28.4 Å². The second kappa shape index (κ2) is 8.93. The van der Waals surface area contributed by atoms with Crippen molar-refractivity contribution in [3.05, 3.63) is 50.4 Å². The maximum Gasteiger partial charge on any atom is 0.331 e. The second-order valence-corrected chi connectivity index (χ2v) is 7.52. The topological polar surface area (TPSA) is 146 Å². The predicted octanol–water partition coefficient (Wildman–Crippen LogP) is 2.00. The van der Waals surface area contributed by atoms with E-state index >= 15 is 0 Å². The average Bonchev–Trinajstić information content (AvgIpc) is 3.43. The number of pyridine rings is 1. The van der Waals surface area contributed by atoms with E-state index in [9.17, 15) is 14.9 Å². The van der Waals surface area contributed by atoms with Gasteiger partial charge in [-0.15, -0.1) is 0 Å². The van der Waals surface area contributed by atoms with E-state index in [1.54, 1.807) is 11.4 Å². The van der Waals surface area contributed by atoms with Gasteiger partial charge in [0, 0.05) is 36.5 Å². The largest absolute Gasteiger partial charge is 0.476 e. The van der Waals surface area contributed by atoms with Crippen LogP contribution in [0.3, 0.4) is 0 Å². The lowest BCUT2D eigenvalue weighted by atomic mass is 10.2. The van der Waals surface area contributed by atoms with Crippen molar-refractivity contribution in [3.8, 4) is 5.88 Å². The van der Waals surface area contributed by atoms with Gasteiger partial charge in [-0.2, -0.15) is 9.61 Å². The summed E-state index contributed by atoms with van der Waals surface area (Å²) in [5, 5.41) is 21.7. The van der Waals surface area contributed by atoms with E-state index in [1.165, 1.54) is 25.6 Å². The minimum Gasteiger partial charge on any atom is -0.476 e. The fourth-order valence-electron chi connectivity index (χ4n) is 3.35. The first kappa shape index (κ1) is 21.7. The van der Waals surface area contributed by atoms with Crippen LogP contribution in [0.4, 0.5) is 11.5 Å². The maximum absolute atomic E-state index is 12.7. The van der Waals surface area contributed by atoms with Crippen LogP contribution in [0, 0.1) is 10.1 Å². The van der Waals surface area contributed by atoms with Crippen molar-refractivity contribution >= 4 is 34.7 Å². The first-order valence-corrected chi connectivity index (χ1v) is 10.1. The molecule has 168 valence electrons. The van der Waals surface area contributed by atoms with Crippen LogP contribution in [0.5, 0.6) is 5.88 Å². The van der Waals surface area contributed by atoms with Gasteiger partial charge in [-0.05, 0) is 13.3 Å². The van der Waals surface area contributed by atoms with Gasteiger partial charge in [-0.1, -0.05) is 11.6 Å². The van der Waals surface area contributed by atoms with Crippen LogP contribution < -0.4 is 15.4 Å². The molecule has 0 fully saturated rings. The van der Waals surface area contributed by atoms with Crippen molar-refractivity contribution < 1.29 is 19.2 Å². The number of nitro groups is 1. The zero-order valence-electron chi connectivity index (χ0n) is 17.3. The minimum atomic E-state index is -0.569. The third-order valence-electron chi connectivity index (χ3n) is 4.97. The van der Waals surface area contributed by atoms with Gasteiger partial charge in [0.1, 0.15) is 16.5 Å². The number of anilines is 1. The summed E-state index contributed by atoms with van der Waals surface area (Å²) in [5.41, 5.74) is 1.81. The van der Waals surface area contributed by atoms with Gasteiger partial charge in [0.25, 0.3) is 11.8 Å². The molecule has 0 aliphatic carbocycles. The Morgan fingerprint density at radius 1 is 1.47 bits per heavy atom. The van der Waals surface area contributed by atoms with Crippen LogP contribution in [0.25, 0.3) is 5.65 Å². The number of carbonyl (C=O) groups excluding carboxylic acids is 1. The van der Waals surface area contributed by atoms with Gasteiger partial charge in [-0.3, -0.25) is 14.9 Å². The Balaban J connectivity index is 1.37. The average molecular weight is 462 g/mol. The van der Waals surface area contributed by atoms with Gasteiger partial charge in [0.2, 0.25) is 0 Å². The van der Waals surface area contributed by atoms with E-state index in [2.05, 4.69) is 25.7 Å². The quantitative estimate of drug-likeness (QED) is 0.292. The Kier molecular flexibility index (Phi) is 6.06. The Bertz CT molecular complexity index is 1200. The van der Waals surface area contributed by atoms with Crippen molar-refractivity contribution in [3.63, 3.8) is 0 Å². The van der Waals surface area contributed by atoms with Crippen molar-refractivity contribution in [2.45, 2.75) is 26.1 Å². The molecule has 4 heterocycles. The van der Waals surface area contributed by atoms with Crippen LogP contribution in [0.2, 0.25) is 5.15 Å². The summed E-state index contributed by atoms with van der Waals surface area (Å²) in [4.78, 5) is 31.5. The van der Waals surface area contributed by atoms with Crippen LogP contribution in [-0.4, -0.2) is 56.7 Å². The molecule has 1 aliphatic rings. The van der Waals surface area contributed by atoms with E-state index < -0.39 is 4.92 Å². The van der Waals surface area contributed by atoms with Gasteiger partial charge in [0.15, 0.2) is 5.65 Å². The molecule has 2 N–H and O–H groups in total. The van der Waals surface area contributed by atoms with E-state index in [4.69, 9.17) is 21.1 Å². The van der Waals surface area contributed by atoms with Crippen LogP contribution in [-0.2, 0) is 17.8 Å². The molecule has 1 amide bonds. The first-order valence-electron chi connectivity index (χ1n) is 9.76. The number of rotatable bonds is 8. The monoisotopic (exact) mass is 461 g/mol. The zero-order valence-corrected chi connectivity index (χ0v) is 18.0. The van der Waals surface area contributed by atoms with Crippen LogP contribution >= 0.6 is 11.6 Å². The normalized spacial score (nSPS) is 13.5. The lowest BCUT2D eigenvalue weighted by Gasteiger charge is -2.14. The molecule has 32 heavy (non-hydrogen) atoms. The SMILES string of the molecule is COc1ncc(CO[C@H](C)CNC(=O)c2cnn3c4c(c(Cl)nc23)CCN4)cc1[N+](=O)[O-]. The number of nitrogens with zero attached hydrogens (tertiary/aromatic N) is 5. The highest BCUT2D eigenvalue weighted by molar-refractivity contribution is 6.30. The molecule has 0 spiro atoms. The van der Waals surface area contributed by atoms with E-state index in [0.29, 0.717) is 21.9 Å². The fourth-order valence-corrected chi connectivity index (χ4v) is 3.61. The number of carbonyl (C=O) groups is 1. The molecular weight excluding hydrogens is 442 g/mol. The molecule has 3 aromatic heterocycles. The predicted molar refractivity (Wildman–Crippen MR) is 114 cm³/mol. The standard InChI is InChI=1S/C19H20ClN7O5/c1-10(32-9-11-5-14(27(29)30)19(31-2)23-7-11)6-22-18(28)13-8-24-26-16-12(3-4-21-16)15(20)25-17(13)26/h5,7-8,10,21H,3-4,6,9H2,1-2H3,(H,22,28)/t10-/m1/s1. The molecule has 13 heteroatoms. The number of halogens is 1. The lowest BCUT2D eigenvalue weighted by molar-refractivity contribution is -0.386. The fraction of sp³-hybridized carbons (Fsp3) is 0.368. The number of fused-ring (bicyclic) bond motifs is 3. The number of hydrogen-bond donors (Lipinski definition) is 2. The number of amides is 1. The number of hydrogen-bond acceptors (Lipinski definition) is 9. The Labute approximate surface area is 187 Å². The van der Waals surface area contributed by atoms with Crippen molar-refractivity contribution in [2.75, 3.05) is 25.5 Å². The Morgan fingerprint density at radius 2 is 2.28 bits per heavy atom.